The molecule has 0 amide bonds. The van der Waals surface area contributed by atoms with Gasteiger partial charge in [0, 0.05) is 13.1 Å². The molecule has 0 saturated carbocycles. The topological polar surface area (TPSA) is 88.8 Å². The minimum Gasteiger partial charge on any atom is -0.370 e. The molecular weight excluding hydrogens is 382 g/mol. The second-order valence-electron chi connectivity index (χ2n) is 9.02. The van der Waals surface area contributed by atoms with E-state index in [1.807, 2.05) is 0 Å². The number of nitrogens with one attached hydrogen (secondary N) is 1. The van der Waals surface area contributed by atoms with Crippen molar-refractivity contribution in [2.75, 3.05) is 13.1 Å². The number of guanidine groups is 2. The van der Waals surface area contributed by atoms with E-state index in [0.29, 0.717) is 11.9 Å². The highest BCUT2D eigenvalue weighted by Gasteiger charge is 1.97. The number of aliphatic imine (C=N–C) groups is 2. The van der Waals surface area contributed by atoms with Crippen molar-refractivity contribution in [2.24, 2.45) is 21.5 Å². The maximum atomic E-state index is 5.90. The first kappa shape index (κ1) is 29.7. The van der Waals surface area contributed by atoms with Crippen molar-refractivity contribution in [3.63, 3.8) is 0 Å². The van der Waals surface area contributed by atoms with E-state index in [4.69, 9.17) is 11.5 Å². The van der Waals surface area contributed by atoms with Gasteiger partial charge in [-0.3, -0.25) is 15.3 Å². The Morgan fingerprint density at radius 1 is 0.452 bits per heavy atom. The average Bonchev–Trinajstić information content (AvgIpc) is 2.75. The van der Waals surface area contributed by atoms with Gasteiger partial charge in [-0.05, 0) is 12.8 Å². The van der Waals surface area contributed by atoms with Crippen molar-refractivity contribution in [3.05, 3.63) is 0 Å². The largest absolute Gasteiger partial charge is 0.370 e. The molecule has 0 bridgehead atoms. The summed E-state index contributed by atoms with van der Waals surface area (Å²) in [6.07, 6.45) is 26.6. The van der Waals surface area contributed by atoms with E-state index in [1.54, 1.807) is 0 Å². The van der Waals surface area contributed by atoms with Crippen molar-refractivity contribution >= 4 is 11.9 Å². The van der Waals surface area contributed by atoms with Crippen LogP contribution in [0.4, 0.5) is 0 Å². The molecule has 0 aliphatic rings. The summed E-state index contributed by atoms with van der Waals surface area (Å²) in [4.78, 5) is 8.72. The molecule has 0 aliphatic carbocycles. The number of unbranched alkanes of at least 4 members (excludes halogenated alkanes) is 18. The Hall–Kier alpha value is -1.26. The molecule has 0 radical (unpaired) electrons. The lowest BCUT2D eigenvalue weighted by Crippen LogP contribution is -2.41. The maximum Gasteiger partial charge on any atom is 0.195 e. The van der Waals surface area contributed by atoms with Crippen molar-refractivity contribution in [1.29, 1.82) is 0 Å². The molecule has 0 aliphatic heterocycles. The predicted molar refractivity (Wildman–Crippen MR) is 140 cm³/mol. The highest BCUT2D eigenvalue weighted by Crippen LogP contribution is 2.11. The van der Waals surface area contributed by atoms with Crippen molar-refractivity contribution in [2.45, 2.75) is 142 Å². The van der Waals surface area contributed by atoms with Crippen LogP contribution < -0.4 is 16.8 Å². The van der Waals surface area contributed by atoms with Crippen molar-refractivity contribution in [3.8, 4) is 0 Å². The monoisotopic (exact) mass is 437 g/mol. The van der Waals surface area contributed by atoms with Gasteiger partial charge in [-0.25, -0.2) is 0 Å². The Labute approximate surface area is 194 Å². The molecule has 0 aromatic heterocycles. The summed E-state index contributed by atoms with van der Waals surface area (Å²) in [6.45, 7) is 6.07. The van der Waals surface area contributed by atoms with Gasteiger partial charge in [0.2, 0.25) is 0 Å². The van der Waals surface area contributed by atoms with Gasteiger partial charge in [-0.1, -0.05) is 129 Å². The number of hydrogen-bond donors (Lipinski definition) is 3. The van der Waals surface area contributed by atoms with Gasteiger partial charge in [0.1, 0.15) is 0 Å². The quantitative estimate of drug-likeness (QED) is 0.0963. The Morgan fingerprint density at radius 3 is 1.00 bits per heavy atom. The standard InChI is InChI=1S/C26H55N5/c1-3-5-7-9-11-13-15-17-19-21-23-29-25(27)31-26(28)30-24-22-20-18-16-14-12-10-8-6-4-2/h3-24H2,1-2H3,(H5,27,28,29,30,31). The van der Waals surface area contributed by atoms with Crippen LogP contribution in [0.3, 0.4) is 0 Å². The lowest BCUT2D eigenvalue weighted by molar-refractivity contribution is 0.558. The Morgan fingerprint density at radius 2 is 0.710 bits per heavy atom. The smallest absolute Gasteiger partial charge is 0.195 e. The number of rotatable bonds is 22. The summed E-state index contributed by atoms with van der Waals surface area (Å²) in [7, 11) is 0. The molecule has 184 valence electrons. The second kappa shape index (κ2) is 25.0. The lowest BCUT2D eigenvalue weighted by atomic mass is 10.1. The van der Waals surface area contributed by atoms with Crippen LogP contribution in [-0.2, 0) is 0 Å². The van der Waals surface area contributed by atoms with E-state index in [0.717, 1.165) is 25.9 Å². The van der Waals surface area contributed by atoms with Crippen LogP contribution >= 0.6 is 0 Å². The van der Waals surface area contributed by atoms with E-state index in [-0.39, 0.29) is 0 Å². The molecule has 0 unspecified atom stereocenters. The van der Waals surface area contributed by atoms with Crippen LogP contribution in [0.2, 0.25) is 0 Å². The van der Waals surface area contributed by atoms with Crippen LogP contribution in [0.1, 0.15) is 142 Å². The molecule has 0 saturated heterocycles. The SMILES string of the molecule is CCCCCCCCCCCCN=C(N)NC(N)=NCCCCCCCCCCCC. The molecule has 0 rings (SSSR count). The fourth-order valence-corrected chi connectivity index (χ4v) is 3.81. The first-order valence-corrected chi connectivity index (χ1v) is 13.6. The van der Waals surface area contributed by atoms with E-state index in [9.17, 15) is 0 Å². The van der Waals surface area contributed by atoms with Crippen LogP contribution in [0.5, 0.6) is 0 Å². The van der Waals surface area contributed by atoms with E-state index in [2.05, 4.69) is 29.1 Å². The number of hydrogen-bond acceptors (Lipinski definition) is 2. The molecule has 5 N–H and O–H groups in total. The van der Waals surface area contributed by atoms with Gasteiger partial charge in [0.15, 0.2) is 11.9 Å². The van der Waals surface area contributed by atoms with E-state index < -0.39 is 0 Å². The Bertz CT molecular complexity index is 382. The van der Waals surface area contributed by atoms with Crippen molar-refractivity contribution in [1.82, 2.24) is 5.32 Å². The zero-order valence-electron chi connectivity index (χ0n) is 21.1. The summed E-state index contributed by atoms with van der Waals surface area (Å²) in [5, 5.41) is 2.91. The Kier molecular flexibility index (Phi) is 24.0. The van der Waals surface area contributed by atoms with Crippen molar-refractivity contribution < 1.29 is 0 Å². The summed E-state index contributed by atoms with van der Waals surface area (Å²) >= 11 is 0. The van der Waals surface area contributed by atoms with Gasteiger partial charge in [0.25, 0.3) is 0 Å². The Balaban J connectivity index is 3.48. The van der Waals surface area contributed by atoms with Gasteiger partial charge >= 0.3 is 0 Å². The van der Waals surface area contributed by atoms with Gasteiger partial charge in [-0.2, -0.15) is 0 Å². The van der Waals surface area contributed by atoms with Gasteiger partial charge < -0.3 is 11.5 Å². The molecular formula is C26H55N5. The highest BCUT2D eigenvalue weighted by atomic mass is 15.2. The summed E-state index contributed by atoms with van der Waals surface area (Å²) in [5.41, 5.74) is 11.8. The van der Waals surface area contributed by atoms with Gasteiger partial charge in [-0.15, -0.1) is 0 Å². The first-order chi connectivity index (χ1) is 15.2. The van der Waals surface area contributed by atoms with Crippen LogP contribution in [0.25, 0.3) is 0 Å². The first-order valence-electron chi connectivity index (χ1n) is 13.6. The molecule has 5 nitrogen and oxygen atoms in total. The van der Waals surface area contributed by atoms with Crippen LogP contribution in [0, 0.1) is 0 Å². The van der Waals surface area contributed by atoms with Gasteiger partial charge in [0.05, 0.1) is 0 Å². The molecule has 0 atom stereocenters. The molecule has 0 aromatic carbocycles. The molecule has 31 heavy (non-hydrogen) atoms. The fourth-order valence-electron chi connectivity index (χ4n) is 3.81. The average molecular weight is 438 g/mol. The summed E-state index contributed by atoms with van der Waals surface area (Å²) in [5.74, 6) is 0.778. The molecule has 0 spiro atoms. The zero-order valence-corrected chi connectivity index (χ0v) is 21.1. The zero-order chi connectivity index (χ0) is 22.8. The maximum absolute atomic E-state index is 5.90. The normalized spacial score (nSPS) is 12.5. The summed E-state index contributed by atoms with van der Waals surface area (Å²) in [6, 6.07) is 0. The van der Waals surface area contributed by atoms with E-state index in [1.165, 1.54) is 116 Å². The second-order valence-corrected chi connectivity index (χ2v) is 9.02. The molecule has 0 fully saturated rings. The predicted octanol–water partition coefficient (Wildman–Crippen LogP) is 7.05. The number of nitrogens with two attached hydrogens (primary N) is 2. The summed E-state index contributed by atoms with van der Waals surface area (Å²) < 4.78 is 0. The fraction of sp³-hybridized carbons (Fsp3) is 0.923. The third kappa shape index (κ3) is 24.9. The molecule has 5 heteroatoms. The van der Waals surface area contributed by atoms with Crippen LogP contribution in [-0.4, -0.2) is 25.0 Å². The molecule has 0 heterocycles. The minimum atomic E-state index is 0.389. The van der Waals surface area contributed by atoms with Crippen LogP contribution in [0.15, 0.2) is 9.98 Å². The number of nitrogens with zero attached hydrogens (tertiary/aromatic N) is 2. The minimum absolute atomic E-state index is 0.389. The van der Waals surface area contributed by atoms with E-state index >= 15 is 0 Å². The highest BCUT2D eigenvalue weighted by molar-refractivity contribution is 5.96. The molecule has 0 aromatic rings. The third-order valence-corrected chi connectivity index (χ3v) is 5.84. The third-order valence-electron chi connectivity index (χ3n) is 5.84. The lowest BCUT2D eigenvalue weighted by Gasteiger charge is -2.05.